The number of amides is 2. The van der Waals surface area contributed by atoms with Crippen LogP contribution in [0.3, 0.4) is 0 Å². The SMILES string of the molecule is CCCNc1ccc(C(=O)Nc2cccc(OC)c2)cc1C(F)(F)F.COc1cccc(NC(=O)c2ccc(N3CCC(C)CC3)c(C(F)(F)F)c2)c1. The second-order valence-electron chi connectivity index (χ2n) is 12.5. The molecule has 0 bridgehead atoms. The van der Waals surface area contributed by atoms with E-state index in [1.807, 2.05) is 6.92 Å². The highest BCUT2D eigenvalue weighted by atomic mass is 19.4. The fourth-order valence-electron chi connectivity index (χ4n) is 5.57. The Labute approximate surface area is 304 Å². The number of benzene rings is 4. The van der Waals surface area contributed by atoms with Crippen LogP contribution in [-0.2, 0) is 12.4 Å². The molecule has 1 aliphatic rings. The molecular formula is C39H42F6N4O4. The van der Waals surface area contributed by atoms with Gasteiger partial charge in [0.25, 0.3) is 11.8 Å². The molecule has 5 rings (SSSR count). The topological polar surface area (TPSA) is 91.9 Å². The van der Waals surface area contributed by atoms with Gasteiger partial charge in [-0.05, 0) is 85.8 Å². The van der Waals surface area contributed by atoms with Gasteiger partial charge in [0.2, 0.25) is 0 Å². The van der Waals surface area contributed by atoms with E-state index in [1.165, 1.54) is 38.5 Å². The standard InChI is InChI=1S/C21H23F3N2O2.C18H19F3N2O2/c1-14-8-10-26(11-9-14)19-7-6-15(12-18(19)21(22,23)24)20(27)25-16-4-3-5-17(13-16)28-2;1-3-9-22-16-8-7-12(10-15(16)18(19,20)21)17(24)23-13-5-4-6-14(11-13)25-2/h3-7,12-14H,8-11H2,1-2H3,(H,25,27);4-8,10-11,22H,3,9H2,1-2H3,(H,23,24). The molecule has 284 valence electrons. The molecule has 0 spiro atoms. The molecular weight excluding hydrogens is 702 g/mol. The molecule has 4 aromatic carbocycles. The first-order valence-corrected chi connectivity index (χ1v) is 16.9. The normalized spacial score (nSPS) is 13.4. The molecule has 0 unspecified atom stereocenters. The van der Waals surface area contributed by atoms with Gasteiger partial charge in [-0.25, -0.2) is 0 Å². The third-order valence-electron chi connectivity index (χ3n) is 8.50. The summed E-state index contributed by atoms with van der Waals surface area (Å²) in [5.41, 5.74) is -0.760. The van der Waals surface area contributed by atoms with Gasteiger partial charge in [0.1, 0.15) is 11.5 Å². The molecule has 2 amide bonds. The van der Waals surface area contributed by atoms with Gasteiger partial charge in [-0.3, -0.25) is 9.59 Å². The Hall–Kier alpha value is -5.40. The van der Waals surface area contributed by atoms with Gasteiger partial charge in [0.05, 0.1) is 25.3 Å². The Bertz CT molecular complexity index is 1860. The van der Waals surface area contributed by atoms with Crippen LogP contribution in [0, 0.1) is 5.92 Å². The van der Waals surface area contributed by atoms with Crippen molar-refractivity contribution >= 4 is 34.6 Å². The first-order valence-electron chi connectivity index (χ1n) is 16.9. The second kappa shape index (κ2) is 17.9. The van der Waals surface area contributed by atoms with E-state index in [0.717, 1.165) is 25.0 Å². The number of hydrogen-bond donors (Lipinski definition) is 3. The van der Waals surface area contributed by atoms with E-state index in [0.29, 0.717) is 54.8 Å². The zero-order valence-corrected chi connectivity index (χ0v) is 29.8. The minimum atomic E-state index is -4.55. The Morgan fingerprint density at radius 1 is 0.717 bits per heavy atom. The maximum Gasteiger partial charge on any atom is 0.418 e. The molecule has 14 heteroatoms. The summed E-state index contributed by atoms with van der Waals surface area (Å²) in [5, 5.41) is 7.92. The lowest BCUT2D eigenvalue weighted by molar-refractivity contribution is -0.137. The van der Waals surface area contributed by atoms with E-state index in [4.69, 9.17) is 9.47 Å². The highest BCUT2D eigenvalue weighted by Crippen LogP contribution is 2.39. The van der Waals surface area contributed by atoms with Gasteiger partial charge < -0.3 is 30.3 Å². The quantitative estimate of drug-likeness (QED) is 0.140. The zero-order chi connectivity index (χ0) is 38.8. The van der Waals surface area contributed by atoms with E-state index in [9.17, 15) is 35.9 Å². The Kier molecular flexibility index (Phi) is 13.6. The number of anilines is 4. The lowest BCUT2D eigenvalue weighted by Crippen LogP contribution is -2.34. The van der Waals surface area contributed by atoms with Crippen molar-refractivity contribution in [3.63, 3.8) is 0 Å². The largest absolute Gasteiger partial charge is 0.497 e. The summed E-state index contributed by atoms with van der Waals surface area (Å²) < 4.78 is 90.9. The molecule has 0 atom stereocenters. The number of alkyl halides is 6. The Morgan fingerprint density at radius 2 is 1.21 bits per heavy atom. The summed E-state index contributed by atoms with van der Waals surface area (Å²) in [6, 6.07) is 20.5. The van der Waals surface area contributed by atoms with Crippen LogP contribution >= 0.6 is 0 Å². The van der Waals surface area contributed by atoms with Gasteiger partial charge in [-0.15, -0.1) is 0 Å². The summed E-state index contributed by atoms with van der Waals surface area (Å²) in [6.07, 6.45) is -6.69. The number of nitrogens with zero attached hydrogens (tertiary/aromatic N) is 1. The van der Waals surface area contributed by atoms with Gasteiger partial charge >= 0.3 is 12.4 Å². The van der Waals surface area contributed by atoms with Crippen LogP contribution in [0.1, 0.15) is 65.0 Å². The van der Waals surface area contributed by atoms with Crippen LogP contribution in [0.25, 0.3) is 0 Å². The molecule has 8 nitrogen and oxygen atoms in total. The number of nitrogens with one attached hydrogen (secondary N) is 3. The summed E-state index contributed by atoms with van der Waals surface area (Å²) in [4.78, 5) is 26.5. The lowest BCUT2D eigenvalue weighted by Gasteiger charge is -2.34. The predicted octanol–water partition coefficient (Wildman–Crippen LogP) is 9.99. The van der Waals surface area contributed by atoms with Gasteiger partial charge in [-0.2, -0.15) is 26.3 Å². The number of carbonyl (C=O) groups is 2. The fraction of sp³-hybridized carbons (Fsp3) is 0.333. The smallest absolute Gasteiger partial charge is 0.418 e. The highest BCUT2D eigenvalue weighted by Gasteiger charge is 2.37. The maximum absolute atomic E-state index is 13.7. The molecule has 4 aromatic rings. The molecule has 0 saturated carbocycles. The number of halogens is 6. The maximum atomic E-state index is 13.7. The summed E-state index contributed by atoms with van der Waals surface area (Å²) in [6.45, 7) is 5.54. The molecule has 1 heterocycles. The van der Waals surface area contributed by atoms with Crippen LogP contribution in [0.4, 0.5) is 49.1 Å². The van der Waals surface area contributed by atoms with Crippen LogP contribution < -0.4 is 30.3 Å². The van der Waals surface area contributed by atoms with E-state index in [2.05, 4.69) is 22.9 Å². The molecule has 3 N–H and O–H groups in total. The Balaban J connectivity index is 0.000000238. The molecule has 1 saturated heterocycles. The summed E-state index contributed by atoms with van der Waals surface area (Å²) in [5.74, 6) is 0.369. The predicted molar refractivity (Wildman–Crippen MR) is 194 cm³/mol. The third kappa shape index (κ3) is 11.3. The first-order chi connectivity index (χ1) is 25.1. The van der Waals surface area contributed by atoms with E-state index < -0.39 is 35.3 Å². The lowest BCUT2D eigenvalue weighted by atomic mass is 9.97. The number of piperidine rings is 1. The second-order valence-corrected chi connectivity index (χ2v) is 12.5. The van der Waals surface area contributed by atoms with Crippen molar-refractivity contribution in [1.82, 2.24) is 0 Å². The van der Waals surface area contributed by atoms with Crippen molar-refractivity contribution in [2.75, 3.05) is 54.7 Å². The van der Waals surface area contributed by atoms with Crippen molar-refractivity contribution in [1.29, 1.82) is 0 Å². The summed E-state index contributed by atoms with van der Waals surface area (Å²) in [7, 11) is 2.98. The summed E-state index contributed by atoms with van der Waals surface area (Å²) >= 11 is 0. The minimum absolute atomic E-state index is 0.0349. The van der Waals surface area contributed by atoms with Gasteiger partial charge in [0.15, 0.2) is 0 Å². The molecule has 0 radical (unpaired) electrons. The molecule has 1 fully saturated rings. The third-order valence-corrected chi connectivity index (χ3v) is 8.50. The van der Waals surface area contributed by atoms with Crippen molar-refractivity contribution in [3.8, 4) is 11.5 Å². The molecule has 1 aliphatic heterocycles. The molecule has 53 heavy (non-hydrogen) atoms. The first kappa shape index (κ1) is 40.4. The Morgan fingerprint density at radius 3 is 1.68 bits per heavy atom. The van der Waals surface area contributed by atoms with E-state index >= 15 is 0 Å². The fourth-order valence-corrected chi connectivity index (χ4v) is 5.57. The zero-order valence-electron chi connectivity index (χ0n) is 29.8. The van der Waals surface area contributed by atoms with E-state index in [1.54, 1.807) is 53.4 Å². The van der Waals surface area contributed by atoms with Crippen LogP contribution in [0.15, 0.2) is 84.9 Å². The van der Waals surface area contributed by atoms with Crippen LogP contribution in [0.2, 0.25) is 0 Å². The number of hydrogen-bond acceptors (Lipinski definition) is 6. The number of rotatable bonds is 10. The number of ether oxygens (including phenoxy) is 2. The van der Waals surface area contributed by atoms with Gasteiger partial charge in [-0.1, -0.05) is 26.0 Å². The van der Waals surface area contributed by atoms with Crippen molar-refractivity contribution in [3.05, 3.63) is 107 Å². The number of carbonyl (C=O) groups excluding carboxylic acids is 2. The average molecular weight is 745 g/mol. The van der Waals surface area contributed by atoms with Crippen molar-refractivity contribution in [2.45, 2.75) is 45.5 Å². The molecule has 0 aromatic heterocycles. The van der Waals surface area contributed by atoms with Crippen LogP contribution in [-0.4, -0.2) is 45.7 Å². The monoisotopic (exact) mass is 744 g/mol. The van der Waals surface area contributed by atoms with Gasteiger partial charge in [0, 0.05) is 65.6 Å². The highest BCUT2D eigenvalue weighted by molar-refractivity contribution is 6.05. The van der Waals surface area contributed by atoms with Crippen molar-refractivity contribution < 1.29 is 45.4 Å². The van der Waals surface area contributed by atoms with Crippen LogP contribution in [0.5, 0.6) is 11.5 Å². The minimum Gasteiger partial charge on any atom is -0.497 e. The molecule has 0 aliphatic carbocycles. The average Bonchev–Trinajstić information content (AvgIpc) is 3.13. The van der Waals surface area contributed by atoms with Crippen molar-refractivity contribution in [2.24, 2.45) is 5.92 Å². The number of methoxy groups -OCH3 is 2. The van der Waals surface area contributed by atoms with E-state index in [-0.39, 0.29) is 22.5 Å².